The van der Waals surface area contributed by atoms with Crippen molar-refractivity contribution in [1.29, 1.82) is 0 Å². The van der Waals surface area contributed by atoms with E-state index in [2.05, 4.69) is 24.1 Å². The summed E-state index contributed by atoms with van der Waals surface area (Å²) in [5.41, 5.74) is 7.69. The van der Waals surface area contributed by atoms with Gasteiger partial charge in [-0.1, -0.05) is 18.6 Å². The second kappa shape index (κ2) is 6.40. The van der Waals surface area contributed by atoms with E-state index in [4.69, 9.17) is 10.5 Å². The van der Waals surface area contributed by atoms with Crippen LogP contribution in [0.25, 0.3) is 0 Å². The first-order chi connectivity index (χ1) is 9.17. The van der Waals surface area contributed by atoms with Crippen LogP contribution in [0.15, 0.2) is 24.3 Å². The first-order valence-electron chi connectivity index (χ1n) is 7.19. The highest BCUT2D eigenvalue weighted by Crippen LogP contribution is 2.42. The Morgan fingerprint density at radius 3 is 2.42 bits per heavy atom. The van der Waals surface area contributed by atoms with E-state index >= 15 is 0 Å². The van der Waals surface area contributed by atoms with Gasteiger partial charge in [-0.05, 0) is 62.5 Å². The Balaban J connectivity index is 1.78. The van der Waals surface area contributed by atoms with Crippen LogP contribution in [0.4, 0.5) is 0 Å². The number of nitrogens with zero attached hydrogens (tertiary/aromatic N) is 1. The third-order valence-corrected chi connectivity index (χ3v) is 4.48. The van der Waals surface area contributed by atoms with Gasteiger partial charge in [0.1, 0.15) is 5.75 Å². The van der Waals surface area contributed by atoms with Crippen molar-refractivity contribution in [2.45, 2.75) is 32.2 Å². The standard InChI is InChI=1S/C16H26N2O/c1-18(11-10-16(13-17)8-3-9-16)12-14-4-6-15(19-2)7-5-14/h4-7H,3,8-13,17H2,1-2H3. The Bertz CT molecular complexity index is 379. The second-order valence-corrected chi connectivity index (χ2v) is 5.89. The predicted octanol–water partition coefficient (Wildman–Crippen LogP) is 2.65. The Kier molecular flexibility index (Phi) is 4.83. The molecule has 0 amide bonds. The zero-order valence-corrected chi connectivity index (χ0v) is 12.2. The van der Waals surface area contributed by atoms with Gasteiger partial charge in [0.05, 0.1) is 7.11 Å². The molecule has 1 fully saturated rings. The van der Waals surface area contributed by atoms with E-state index in [1.54, 1.807) is 7.11 Å². The maximum atomic E-state index is 5.91. The Hall–Kier alpha value is -1.06. The van der Waals surface area contributed by atoms with E-state index in [-0.39, 0.29) is 0 Å². The smallest absolute Gasteiger partial charge is 0.118 e. The molecule has 0 spiro atoms. The monoisotopic (exact) mass is 262 g/mol. The lowest BCUT2D eigenvalue weighted by Gasteiger charge is -2.42. The molecular formula is C16H26N2O. The molecule has 0 aliphatic heterocycles. The van der Waals surface area contributed by atoms with E-state index in [1.165, 1.54) is 31.2 Å². The molecule has 3 nitrogen and oxygen atoms in total. The highest BCUT2D eigenvalue weighted by molar-refractivity contribution is 5.27. The van der Waals surface area contributed by atoms with Gasteiger partial charge in [-0.3, -0.25) is 0 Å². The van der Waals surface area contributed by atoms with Crippen molar-refractivity contribution in [1.82, 2.24) is 4.90 Å². The SMILES string of the molecule is COc1ccc(CN(C)CCC2(CN)CCC2)cc1. The fraction of sp³-hybridized carbons (Fsp3) is 0.625. The molecule has 0 heterocycles. The third-order valence-electron chi connectivity index (χ3n) is 4.48. The number of benzene rings is 1. The van der Waals surface area contributed by atoms with E-state index in [0.29, 0.717) is 5.41 Å². The maximum Gasteiger partial charge on any atom is 0.118 e. The van der Waals surface area contributed by atoms with Crippen molar-refractivity contribution in [3.63, 3.8) is 0 Å². The predicted molar refractivity (Wildman–Crippen MR) is 79.3 cm³/mol. The van der Waals surface area contributed by atoms with Crippen molar-refractivity contribution in [2.75, 3.05) is 27.2 Å². The summed E-state index contributed by atoms with van der Waals surface area (Å²) in [5.74, 6) is 0.919. The van der Waals surface area contributed by atoms with E-state index < -0.39 is 0 Å². The van der Waals surface area contributed by atoms with Crippen molar-refractivity contribution in [2.24, 2.45) is 11.1 Å². The van der Waals surface area contributed by atoms with Gasteiger partial charge >= 0.3 is 0 Å². The zero-order valence-electron chi connectivity index (χ0n) is 12.2. The van der Waals surface area contributed by atoms with Gasteiger partial charge in [0.2, 0.25) is 0 Å². The first-order valence-corrected chi connectivity index (χ1v) is 7.19. The van der Waals surface area contributed by atoms with Gasteiger partial charge in [0.25, 0.3) is 0 Å². The minimum absolute atomic E-state index is 0.453. The van der Waals surface area contributed by atoms with Crippen LogP contribution in [-0.2, 0) is 6.54 Å². The lowest BCUT2D eigenvalue weighted by atomic mass is 9.66. The van der Waals surface area contributed by atoms with Crippen LogP contribution < -0.4 is 10.5 Å². The molecule has 1 saturated carbocycles. The zero-order chi connectivity index (χ0) is 13.7. The maximum absolute atomic E-state index is 5.91. The average molecular weight is 262 g/mol. The van der Waals surface area contributed by atoms with Gasteiger partial charge in [-0.25, -0.2) is 0 Å². The number of methoxy groups -OCH3 is 1. The fourth-order valence-electron chi connectivity index (χ4n) is 2.78. The van der Waals surface area contributed by atoms with Crippen LogP contribution in [0.1, 0.15) is 31.2 Å². The minimum Gasteiger partial charge on any atom is -0.497 e. The van der Waals surface area contributed by atoms with Gasteiger partial charge in [0, 0.05) is 6.54 Å². The minimum atomic E-state index is 0.453. The molecule has 0 saturated heterocycles. The second-order valence-electron chi connectivity index (χ2n) is 5.89. The molecule has 1 aromatic carbocycles. The molecule has 0 atom stereocenters. The lowest BCUT2D eigenvalue weighted by molar-refractivity contribution is 0.111. The third kappa shape index (κ3) is 3.71. The molecule has 1 aliphatic carbocycles. The van der Waals surface area contributed by atoms with Crippen LogP contribution in [-0.4, -0.2) is 32.1 Å². The molecule has 1 aromatic rings. The highest BCUT2D eigenvalue weighted by atomic mass is 16.5. The molecule has 2 N–H and O–H groups in total. The number of hydrogen-bond donors (Lipinski definition) is 1. The molecule has 3 heteroatoms. The van der Waals surface area contributed by atoms with E-state index in [1.807, 2.05) is 12.1 Å². The summed E-state index contributed by atoms with van der Waals surface area (Å²) in [5, 5.41) is 0. The highest BCUT2D eigenvalue weighted by Gasteiger charge is 2.34. The summed E-state index contributed by atoms with van der Waals surface area (Å²) in [6, 6.07) is 8.32. The quantitative estimate of drug-likeness (QED) is 0.821. The molecule has 0 unspecified atom stereocenters. The lowest BCUT2D eigenvalue weighted by Crippen LogP contribution is -2.39. The summed E-state index contributed by atoms with van der Waals surface area (Å²) >= 11 is 0. The number of nitrogens with two attached hydrogens (primary N) is 1. The molecule has 1 aliphatic rings. The van der Waals surface area contributed by atoms with Gasteiger partial charge < -0.3 is 15.4 Å². The van der Waals surface area contributed by atoms with Crippen molar-refractivity contribution < 1.29 is 4.74 Å². The van der Waals surface area contributed by atoms with Crippen LogP contribution in [0.2, 0.25) is 0 Å². The average Bonchev–Trinajstić information content (AvgIpc) is 2.39. The largest absolute Gasteiger partial charge is 0.497 e. The molecule has 106 valence electrons. The summed E-state index contributed by atoms with van der Waals surface area (Å²) < 4.78 is 5.18. The normalized spacial score (nSPS) is 17.3. The Labute approximate surface area is 116 Å². The summed E-state index contributed by atoms with van der Waals surface area (Å²) in [6.45, 7) is 2.97. The fourth-order valence-corrected chi connectivity index (χ4v) is 2.78. The number of hydrogen-bond acceptors (Lipinski definition) is 3. The van der Waals surface area contributed by atoms with Crippen molar-refractivity contribution >= 4 is 0 Å². The molecular weight excluding hydrogens is 236 g/mol. The van der Waals surface area contributed by atoms with Gasteiger partial charge in [-0.2, -0.15) is 0 Å². The Morgan fingerprint density at radius 1 is 1.26 bits per heavy atom. The Morgan fingerprint density at radius 2 is 1.95 bits per heavy atom. The van der Waals surface area contributed by atoms with Gasteiger partial charge in [0.15, 0.2) is 0 Å². The number of ether oxygens (including phenoxy) is 1. The molecule has 0 aromatic heterocycles. The summed E-state index contributed by atoms with van der Waals surface area (Å²) in [7, 11) is 3.89. The van der Waals surface area contributed by atoms with Crippen LogP contribution in [0.5, 0.6) is 5.75 Å². The topological polar surface area (TPSA) is 38.5 Å². The molecule has 2 rings (SSSR count). The molecule has 0 bridgehead atoms. The van der Waals surface area contributed by atoms with Crippen molar-refractivity contribution in [3.8, 4) is 5.75 Å². The van der Waals surface area contributed by atoms with Crippen LogP contribution in [0.3, 0.4) is 0 Å². The summed E-state index contributed by atoms with van der Waals surface area (Å²) in [4.78, 5) is 2.39. The molecule has 0 radical (unpaired) electrons. The first kappa shape index (κ1) is 14.4. The van der Waals surface area contributed by atoms with Crippen molar-refractivity contribution in [3.05, 3.63) is 29.8 Å². The van der Waals surface area contributed by atoms with E-state index in [9.17, 15) is 0 Å². The van der Waals surface area contributed by atoms with Gasteiger partial charge in [-0.15, -0.1) is 0 Å². The van der Waals surface area contributed by atoms with Crippen LogP contribution >= 0.6 is 0 Å². The molecule has 19 heavy (non-hydrogen) atoms. The number of rotatable bonds is 7. The summed E-state index contributed by atoms with van der Waals surface area (Å²) in [6.07, 6.45) is 5.23. The van der Waals surface area contributed by atoms with Crippen LogP contribution in [0, 0.1) is 5.41 Å². The van der Waals surface area contributed by atoms with E-state index in [0.717, 1.165) is 25.4 Å².